The highest BCUT2D eigenvalue weighted by Crippen LogP contribution is 2.18. The Morgan fingerprint density at radius 2 is 2.33 bits per heavy atom. The van der Waals surface area contributed by atoms with Crippen molar-refractivity contribution in [2.45, 2.75) is 6.54 Å². The van der Waals surface area contributed by atoms with Gasteiger partial charge in [0.25, 0.3) is 0 Å². The predicted octanol–water partition coefficient (Wildman–Crippen LogP) is 1.13. The topological polar surface area (TPSA) is 43.8 Å². The fourth-order valence-corrected chi connectivity index (χ4v) is 1.58. The van der Waals surface area contributed by atoms with Gasteiger partial charge in [0.1, 0.15) is 5.65 Å². The molecule has 0 aliphatic carbocycles. The highest BCUT2D eigenvalue weighted by atomic mass is 31.0. The van der Waals surface area contributed by atoms with E-state index in [1.54, 1.807) is 6.20 Å². The molecule has 12 heavy (non-hydrogen) atoms. The number of aromatic nitrogens is 2. The molecule has 0 fully saturated rings. The van der Waals surface area contributed by atoms with Gasteiger partial charge in [-0.25, -0.2) is 4.98 Å². The predicted molar refractivity (Wildman–Crippen MR) is 52.7 cm³/mol. The van der Waals surface area contributed by atoms with Gasteiger partial charge in [0.2, 0.25) is 0 Å². The molecule has 0 aliphatic rings. The molecule has 2 rings (SSSR count). The van der Waals surface area contributed by atoms with E-state index in [1.165, 1.54) is 0 Å². The van der Waals surface area contributed by atoms with Crippen LogP contribution in [0.5, 0.6) is 0 Å². The quantitative estimate of drug-likeness (QED) is 0.667. The summed E-state index contributed by atoms with van der Waals surface area (Å²) < 4.78 is 1.91. The summed E-state index contributed by atoms with van der Waals surface area (Å²) in [6, 6.07) is 3.98. The van der Waals surface area contributed by atoms with E-state index in [-0.39, 0.29) is 0 Å². The first-order valence-corrected chi connectivity index (χ1v) is 4.24. The van der Waals surface area contributed by atoms with Gasteiger partial charge in [-0.05, 0) is 27.1 Å². The first kappa shape index (κ1) is 7.71. The third-order valence-corrected chi connectivity index (χ3v) is 2.34. The van der Waals surface area contributed by atoms with Crippen LogP contribution >= 0.6 is 9.39 Å². The van der Waals surface area contributed by atoms with Crippen molar-refractivity contribution in [2.75, 3.05) is 0 Å². The Kier molecular flexibility index (Phi) is 1.83. The van der Waals surface area contributed by atoms with E-state index in [0.717, 1.165) is 16.6 Å². The van der Waals surface area contributed by atoms with E-state index in [0.29, 0.717) is 6.54 Å². The summed E-state index contributed by atoms with van der Waals surface area (Å²) in [7, 11) is 2.59. The smallest absolute Gasteiger partial charge is 0.143 e. The largest absolute Gasteiger partial charge is 0.326 e. The van der Waals surface area contributed by atoms with E-state index >= 15 is 0 Å². The molecule has 0 spiro atoms. The van der Waals surface area contributed by atoms with Crippen molar-refractivity contribution < 1.29 is 0 Å². The lowest BCUT2D eigenvalue weighted by atomic mass is 10.2. The Morgan fingerprint density at radius 1 is 1.50 bits per heavy atom. The fourth-order valence-electron chi connectivity index (χ4n) is 1.29. The summed E-state index contributed by atoms with van der Waals surface area (Å²) in [4.78, 5) is 4.24. The Bertz CT molecular complexity index is 408. The van der Waals surface area contributed by atoms with Gasteiger partial charge in [-0.3, -0.25) is 0 Å². The first-order valence-electron chi connectivity index (χ1n) is 3.73. The van der Waals surface area contributed by atoms with Crippen LogP contribution in [0, 0.1) is 0 Å². The van der Waals surface area contributed by atoms with Crippen LogP contribution in [0.3, 0.4) is 0 Å². The summed E-state index contributed by atoms with van der Waals surface area (Å²) in [5.74, 6) is 0. The van der Waals surface area contributed by atoms with Gasteiger partial charge >= 0.3 is 0 Å². The number of nitrogens with zero attached hydrogens (tertiary/aromatic N) is 2. The molecule has 4 heteroatoms. The second kappa shape index (κ2) is 2.85. The maximum absolute atomic E-state index is 5.58. The molecule has 0 bridgehead atoms. The van der Waals surface area contributed by atoms with Gasteiger partial charge in [0.15, 0.2) is 0 Å². The lowest BCUT2D eigenvalue weighted by Gasteiger charge is -1.98. The molecule has 3 nitrogen and oxygen atoms in total. The third kappa shape index (κ3) is 1.02. The van der Waals surface area contributed by atoms with E-state index in [9.17, 15) is 0 Å². The average Bonchev–Trinajstić information content (AvgIpc) is 2.48. The zero-order valence-electron chi connectivity index (χ0n) is 6.57. The molecule has 0 saturated heterocycles. The summed E-state index contributed by atoms with van der Waals surface area (Å²) in [6.07, 6.45) is 3.74. The zero-order valence-corrected chi connectivity index (χ0v) is 7.72. The van der Waals surface area contributed by atoms with Gasteiger partial charge in [-0.15, -0.1) is 0 Å². The molecule has 2 heterocycles. The molecule has 0 saturated carbocycles. The summed E-state index contributed by atoms with van der Waals surface area (Å²) in [5, 5.41) is 1.13. The zero-order chi connectivity index (χ0) is 8.55. The Morgan fingerprint density at radius 3 is 3.08 bits per heavy atom. The van der Waals surface area contributed by atoms with Crippen molar-refractivity contribution in [1.29, 1.82) is 0 Å². The SMILES string of the molecule is NCc1ccnc2c1ccn2P. The van der Waals surface area contributed by atoms with Crippen molar-refractivity contribution in [2.24, 2.45) is 5.73 Å². The molecule has 1 unspecified atom stereocenters. The van der Waals surface area contributed by atoms with Crippen LogP contribution in [-0.2, 0) is 6.54 Å². The van der Waals surface area contributed by atoms with E-state index < -0.39 is 0 Å². The minimum atomic E-state index is 0.563. The summed E-state index contributed by atoms with van der Waals surface area (Å²) in [5.41, 5.74) is 7.68. The number of rotatable bonds is 1. The molecule has 2 aromatic rings. The molecule has 2 N–H and O–H groups in total. The van der Waals surface area contributed by atoms with E-state index in [1.807, 2.05) is 22.7 Å². The van der Waals surface area contributed by atoms with Gasteiger partial charge in [0, 0.05) is 24.3 Å². The average molecular weight is 179 g/mol. The number of fused-ring (bicyclic) bond motifs is 1. The maximum atomic E-state index is 5.58. The van der Waals surface area contributed by atoms with Gasteiger partial charge in [0.05, 0.1) is 0 Å². The molecular weight excluding hydrogens is 169 g/mol. The fraction of sp³-hybridized carbons (Fsp3) is 0.125. The van der Waals surface area contributed by atoms with Gasteiger partial charge < -0.3 is 10.1 Å². The number of hydrogen-bond acceptors (Lipinski definition) is 2. The standard InChI is InChI=1S/C8H10N3P/c9-5-6-1-3-10-8-7(6)2-4-11(8)12/h1-4H,5,9,12H2. The Hall–Kier alpha value is -0.920. The van der Waals surface area contributed by atoms with E-state index in [4.69, 9.17) is 5.73 Å². The number of hydrogen-bond donors (Lipinski definition) is 1. The maximum Gasteiger partial charge on any atom is 0.143 e. The van der Waals surface area contributed by atoms with Gasteiger partial charge in [-0.1, -0.05) is 0 Å². The summed E-state index contributed by atoms with van der Waals surface area (Å²) in [6.45, 7) is 0.563. The molecule has 2 aromatic heterocycles. The minimum Gasteiger partial charge on any atom is -0.326 e. The van der Waals surface area contributed by atoms with Crippen molar-refractivity contribution >= 4 is 20.4 Å². The molecule has 1 atom stereocenters. The second-order valence-electron chi connectivity index (χ2n) is 2.63. The molecule has 62 valence electrons. The van der Waals surface area contributed by atoms with Crippen molar-refractivity contribution in [3.8, 4) is 0 Å². The highest BCUT2D eigenvalue weighted by molar-refractivity contribution is 7.14. The van der Waals surface area contributed by atoms with Crippen LogP contribution in [0.4, 0.5) is 0 Å². The van der Waals surface area contributed by atoms with Gasteiger partial charge in [-0.2, -0.15) is 0 Å². The van der Waals surface area contributed by atoms with Crippen molar-refractivity contribution in [3.63, 3.8) is 0 Å². The Labute approximate surface area is 72.8 Å². The third-order valence-electron chi connectivity index (χ3n) is 1.93. The molecule has 0 aliphatic heterocycles. The molecule has 0 radical (unpaired) electrons. The number of pyridine rings is 1. The molecule has 0 amide bonds. The lowest BCUT2D eigenvalue weighted by Crippen LogP contribution is -1.97. The highest BCUT2D eigenvalue weighted by Gasteiger charge is 2.02. The normalized spacial score (nSPS) is 10.8. The molecule has 0 aromatic carbocycles. The minimum absolute atomic E-state index is 0.563. The lowest BCUT2D eigenvalue weighted by molar-refractivity contribution is 1.08. The first-order chi connectivity index (χ1) is 5.83. The number of nitrogens with two attached hydrogens (primary N) is 1. The molecular formula is C8H10N3P. The monoisotopic (exact) mass is 179 g/mol. The van der Waals surface area contributed by atoms with E-state index in [2.05, 4.69) is 14.4 Å². The van der Waals surface area contributed by atoms with Crippen LogP contribution in [0.15, 0.2) is 24.5 Å². The summed E-state index contributed by atoms with van der Waals surface area (Å²) >= 11 is 0. The van der Waals surface area contributed by atoms with Crippen LogP contribution in [-0.4, -0.2) is 9.32 Å². The van der Waals surface area contributed by atoms with Crippen LogP contribution in [0.25, 0.3) is 11.0 Å². The van der Waals surface area contributed by atoms with Crippen LogP contribution in [0.1, 0.15) is 5.56 Å². The van der Waals surface area contributed by atoms with Crippen molar-refractivity contribution in [3.05, 3.63) is 30.1 Å². The second-order valence-corrected chi connectivity index (χ2v) is 3.19. The van der Waals surface area contributed by atoms with Crippen LogP contribution < -0.4 is 5.73 Å². The van der Waals surface area contributed by atoms with Crippen molar-refractivity contribution in [1.82, 2.24) is 9.32 Å². The van der Waals surface area contributed by atoms with Crippen LogP contribution in [0.2, 0.25) is 0 Å². The Balaban J connectivity index is 2.81.